The Labute approximate surface area is 207 Å². The van der Waals surface area contributed by atoms with Crippen molar-refractivity contribution in [2.45, 2.75) is 43.3 Å². The fourth-order valence-electron chi connectivity index (χ4n) is 4.90. The maximum absolute atomic E-state index is 13.6. The van der Waals surface area contributed by atoms with E-state index in [2.05, 4.69) is 14.4 Å². The molecule has 1 fully saturated rings. The van der Waals surface area contributed by atoms with E-state index in [-0.39, 0.29) is 51.1 Å². The van der Waals surface area contributed by atoms with E-state index in [1.807, 2.05) is 30.3 Å². The van der Waals surface area contributed by atoms with Crippen molar-refractivity contribution in [3.63, 3.8) is 0 Å². The van der Waals surface area contributed by atoms with Crippen LogP contribution < -0.4 is 10.0 Å². The average Bonchev–Trinajstić information content (AvgIpc) is 3.43. The van der Waals surface area contributed by atoms with E-state index in [1.54, 1.807) is 4.90 Å². The zero-order valence-corrected chi connectivity index (χ0v) is 21.2. The number of aliphatic hydroxyl groups is 1. The van der Waals surface area contributed by atoms with Crippen LogP contribution in [0.3, 0.4) is 0 Å². The normalized spacial score (nSPS) is 23.5. The minimum Gasteiger partial charge on any atom is -0.511 e. The van der Waals surface area contributed by atoms with Crippen molar-refractivity contribution >= 4 is 48.1 Å². The molecule has 3 heterocycles. The molecule has 1 aromatic heterocycles. The quantitative estimate of drug-likeness (QED) is 0.514. The molecule has 0 saturated heterocycles. The maximum Gasteiger partial charge on any atom is 0.287 e. The summed E-state index contributed by atoms with van der Waals surface area (Å²) in [5.74, 6) is -1.12. The van der Waals surface area contributed by atoms with Crippen LogP contribution >= 0.6 is 11.3 Å². The number of nitrogens with one attached hydrogen (secondary N) is 2. The lowest BCUT2D eigenvalue weighted by Gasteiger charge is -2.38. The SMILES string of the molecule is CS(=O)(=O)NCc1csc2c1S(=O)(=O)N=C(C1=C(O)C3CCCC3N(Cc3ccccc3)C1=O)N2. The number of amidine groups is 1. The minimum atomic E-state index is -4.26. The van der Waals surface area contributed by atoms with Gasteiger partial charge in [-0.1, -0.05) is 36.8 Å². The number of aliphatic hydroxyl groups excluding tert-OH is 1. The number of carbonyl (C=O) groups excluding carboxylic acids is 1. The fraction of sp³-hybridized carbons (Fsp3) is 0.364. The molecule has 1 amide bonds. The van der Waals surface area contributed by atoms with Crippen LogP contribution in [0, 0.1) is 5.92 Å². The van der Waals surface area contributed by atoms with Crippen molar-refractivity contribution < 1.29 is 26.7 Å². The zero-order chi connectivity index (χ0) is 25.0. The van der Waals surface area contributed by atoms with Gasteiger partial charge in [0.2, 0.25) is 10.0 Å². The Bertz CT molecular complexity index is 1460. The molecule has 2 unspecified atom stereocenters. The largest absolute Gasteiger partial charge is 0.511 e. The molecule has 3 aliphatic rings. The number of benzene rings is 1. The van der Waals surface area contributed by atoms with Crippen molar-refractivity contribution in [3.05, 3.63) is 58.2 Å². The first kappa shape index (κ1) is 24.0. The maximum atomic E-state index is 13.6. The molecule has 0 spiro atoms. The molecular weight excluding hydrogens is 512 g/mol. The molecule has 35 heavy (non-hydrogen) atoms. The van der Waals surface area contributed by atoms with Gasteiger partial charge in [0.05, 0.1) is 6.26 Å². The number of carbonyl (C=O) groups is 1. The third kappa shape index (κ3) is 4.48. The standard InChI is InChI=1S/C22H24N4O6S3/c1-34(29,30)23-10-14-12-33-21-19(14)35(31,32)25-20(24-21)17-18(27)15-8-5-9-16(15)26(22(17)28)11-13-6-3-2-4-7-13/h2-4,6-7,12,15-16,23,27H,5,8-11H2,1H3,(H,24,25). The van der Waals surface area contributed by atoms with Crippen LogP contribution in [0.2, 0.25) is 0 Å². The van der Waals surface area contributed by atoms with E-state index in [1.165, 1.54) is 5.38 Å². The third-order valence-corrected chi connectivity index (χ3v) is 9.58. The van der Waals surface area contributed by atoms with E-state index in [4.69, 9.17) is 0 Å². The second-order valence-electron chi connectivity index (χ2n) is 8.84. The topological polar surface area (TPSA) is 145 Å². The van der Waals surface area contributed by atoms with Crippen molar-refractivity contribution in [2.75, 3.05) is 11.6 Å². The van der Waals surface area contributed by atoms with Crippen LogP contribution in [0.25, 0.3) is 0 Å². The van der Waals surface area contributed by atoms with Crippen molar-refractivity contribution in [3.8, 4) is 0 Å². The number of anilines is 1. The molecule has 13 heteroatoms. The predicted octanol–water partition coefficient (Wildman–Crippen LogP) is 2.33. The Morgan fingerprint density at radius 1 is 1.26 bits per heavy atom. The lowest BCUT2D eigenvalue weighted by Crippen LogP contribution is -2.49. The molecule has 1 aliphatic carbocycles. The molecule has 1 saturated carbocycles. The lowest BCUT2D eigenvalue weighted by atomic mass is 9.90. The molecule has 0 radical (unpaired) electrons. The number of nitrogens with zero attached hydrogens (tertiary/aromatic N) is 2. The number of hydrogen-bond donors (Lipinski definition) is 3. The molecule has 0 bridgehead atoms. The highest BCUT2D eigenvalue weighted by atomic mass is 32.2. The lowest BCUT2D eigenvalue weighted by molar-refractivity contribution is -0.132. The first-order chi connectivity index (χ1) is 16.5. The highest BCUT2D eigenvalue weighted by Crippen LogP contribution is 2.43. The third-order valence-electron chi connectivity index (χ3n) is 6.44. The van der Waals surface area contributed by atoms with E-state index in [0.29, 0.717) is 13.0 Å². The summed E-state index contributed by atoms with van der Waals surface area (Å²) in [5.41, 5.74) is 1.05. The summed E-state index contributed by atoms with van der Waals surface area (Å²) >= 11 is 1.06. The second-order valence-corrected chi connectivity index (χ2v) is 13.1. The van der Waals surface area contributed by atoms with E-state index in [0.717, 1.165) is 36.0 Å². The van der Waals surface area contributed by atoms with Crippen LogP contribution in [0.4, 0.5) is 5.00 Å². The smallest absolute Gasteiger partial charge is 0.287 e. The van der Waals surface area contributed by atoms with E-state index in [9.17, 15) is 26.7 Å². The van der Waals surface area contributed by atoms with Crippen LogP contribution in [0.5, 0.6) is 0 Å². The summed E-state index contributed by atoms with van der Waals surface area (Å²) < 4.78 is 55.3. The van der Waals surface area contributed by atoms with Gasteiger partial charge in [0.25, 0.3) is 15.9 Å². The summed E-state index contributed by atoms with van der Waals surface area (Å²) in [6.07, 6.45) is 3.26. The molecular formula is C22H24N4O6S3. The number of rotatable bonds is 6. The molecule has 186 valence electrons. The first-order valence-corrected chi connectivity index (χ1v) is 15.2. The summed E-state index contributed by atoms with van der Waals surface area (Å²) in [4.78, 5) is 15.2. The fourth-order valence-corrected chi connectivity index (χ4v) is 7.92. The van der Waals surface area contributed by atoms with Gasteiger partial charge in [-0.25, -0.2) is 13.1 Å². The van der Waals surface area contributed by atoms with Gasteiger partial charge in [0.1, 0.15) is 21.2 Å². The van der Waals surface area contributed by atoms with Gasteiger partial charge < -0.3 is 15.3 Å². The first-order valence-electron chi connectivity index (χ1n) is 11.0. The minimum absolute atomic E-state index is 0.134. The van der Waals surface area contributed by atoms with Crippen LogP contribution in [-0.2, 0) is 37.9 Å². The molecule has 1 aromatic carbocycles. The van der Waals surface area contributed by atoms with Gasteiger partial charge in [-0.2, -0.15) is 8.42 Å². The van der Waals surface area contributed by atoms with Crippen LogP contribution in [-0.4, -0.2) is 50.9 Å². The summed E-state index contributed by atoms with van der Waals surface area (Å²) in [5, 5.41) is 15.7. The molecule has 2 aliphatic heterocycles. The Morgan fingerprint density at radius 2 is 2.00 bits per heavy atom. The molecule has 5 rings (SSSR count). The number of sulfonamides is 2. The van der Waals surface area contributed by atoms with Gasteiger partial charge in [-0.15, -0.1) is 15.7 Å². The monoisotopic (exact) mass is 536 g/mol. The number of amides is 1. The number of fused-ring (bicyclic) bond motifs is 2. The zero-order valence-electron chi connectivity index (χ0n) is 18.8. The molecule has 2 atom stereocenters. The van der Waals surface area contributed by atoms with Crippen molar-refractivity contribution in [2.24, 2.45) is 10.3 Å². The molecule has 3 N–H and O–H groups in total. The van der Waals surface area contributed by atoms with Gasteiger partial charge >= 0.3 is 0 Å². The highest BCUT2D eigenvalue weighted by Gasteiger charge is 2.47. The van der Waals surface area contributed by atoms with Gasteiger partial charge in [0, 0.05) is 30.6 Å². The van der Waals surface area contributed by atoms with E-state index >= 15 is 0 Å². The average molecular weight is 537 g/mol. The Kier molecular flexibility index (Phi) is 5.98. The predicted molar refractivity (Wildman–Crippen MR) is 132 cm³/mol. The highest BCUT2D eigenvalue weighted by molar-refractivity contribution is 7.91. The second kappa shape index (κ2) is 8.73. The van der Waals surface area contributed by atoms with Gasteiger partial charge in [-0.3, -0.25) is 4.79 Å². The Balaban J connectivity index is 1.52. The van der Waals surface area contributed by atoms with Crippen molar-refractivity contribution in [1.29, 1.82) is 0 Å². The number of hydrogen-bond acceptors (Lipinski definition) is 8. The molecule has 2 aromatic rings. The van der Waals surface area contributed by atoms with Crippen molar-refractivity contribution in [1.82, 2.24) is 9.62 Å². The summed E-state index contributed by atoms with van der Waals surface area (Å²) in [6, 6.07) is 9.33. The summed E-state index contributed by atoms with van der Waals surface area (Å²) in [7, 11) is -7.79. The number of thiophene rings is 1. The van der Waals surface area contributed by atoms with E-state index < -0.39 is 26.0 Å². The Morgan fingerprint density at radius 3 is 2.71 bits per heavy atom. The van der Waals surface area contributed by atoms with Gasteiger partial charge in [0.15, 0.2) is 5.84 Å². The van der Waals surface area contributed by atoms with Gasteiger partial charge in [-0.05, 0) is 23.8 Å². The Hall–Kier alpha value is -2.74. The summed E-state index contributed by atoms with van der Waals surface area (Å²) in [6.45, 7) is 0.126. The van der Waals surface area contributed by atoms with Crippen LogP contribution in [0.15, 0.2) is 56.3 Å². The van der Waals surface area contributed by atoms with Crippen LogP contribution in [0.1, 0.15) is 30.4 Å². The molecule has 10 nitrogen and oxygen atoms in total.